The number of fused-ring (bicyclic) bond motifs is 3. The van der Waals surface area contributed by atoms with E-state index in [0.29, 0.717) is 5.82 Å². The number of aliphatic imine (C=N–C) groups is 1. The van der Waals surface area contributed by atoms with Gasteiger partial charge in [-0.3, -0.25) is 14.4 Å². The number of hydrogen-bond acceptors (Lipinski definition) is 6. The third kappa shape index (κ3) is 5.20. The van der Waals surface area contributed by atoms with Crippen LogP contribution in [-0.2, 0) is 11.2 Å². The van der Waals surface area contributed by atoms with E-state index in [0.717, 1.165) is 64.7 Å². The lowest BCUT2D eigenvalue weighted by atomic mass is 9.99. The van der Waals surface area contributed by atoms with E-state index < -0.39 is 12.0 Å². The minimum absolute atomic E-state index is 0.142. The Labute approximate surface area is 220 Å². The maximum absolute atomic E-state index is 11.7. The van der Waals surface area contributed by atoms with Crippen LogP contribution in [0.5, 0.6) is 0 Å². The molecule has 0 spiro atoms. The molecular weight excluding hydrogens is 482 g/mol. The summed E-state index contributed by atoms with van der Waals surface area (Å²) >= 11 is 1.67. The number of aliphatic carboxylic acids is 1. The van der Waals surface area contributed by atoms with Crippen molar-refractivity contribution in [2.75, 3.05) is 11.9 Å². The summed E-state index contributed by atoms with van der Waals surface area (Å²) in [6, 6.07) is 18.3. The lowest BCUT2D eigenvalue weighted by molar-refractivity contribution is -0.137. The van der Waals surface area contributed by atoms with Crippen molar-refractivity contribution in [3.8, 4) is 5.00 Å². The van der Waals surface area contributed by atoms with Crippen LogP contribution in [0.1, 0.15) is 64.1 Å². The van der Waals surface area contributed by atoms with Crippen molar-refractivity contribution in [1.29, 1.82) is 0 Å². The first kappa shape index (κ1) is 24.9. The van der Waals surface area contributed by atoms with Gasteiger partial charge in [0.15, 0.2) is 5.82 Å². The number of carbonyl (C=O) groups is 1. The molecule has 0 unspecified atom stereocenters. The third-order valence-electron chi connectivity index (χ3n) is 6.83. The second-order valence-corrected chi connectivity index (χ2v) is 10.6. The summed E-state index contributed by atoms with van der Waals surface area (Å²) in [5.41, 5.74) is 6.39. The van der Waals surface area contributed by atoms with Gasteiger partial charge in [-0.25, -0.2) is 0 Å². The van der Waals surface area contributed by atoms with Crippen molar-refractivity contribution in [3.05, 3.63) is 93.4 Å². The molecule has 2 N–H and O–H groups in total. The number of anilines is 1. The van der Waals surface area contributed by atoms with Gasteiger partial charge in [-0.05, 0) is 63.3 Å². The SMILES string of the molecule is Cc1sc2c(c1C)C(c1ccc(NCCCCc3ccccc3)cc1)=N[C@@H](CC(=O)O)c1nnc(C)n1-2. The van der Waals surface area contributed by atoms with Gasteiger partial charge in [0.25, 0.3) is 0 Å². The molecule has 2 aromatic heterocycles. The Bertz CT molecular complexity index is 1440. The summed E-state index contributed by atoms with van der Waals surface area (Å²) in [6.45, 7) is 7.01. The van der Waals surface area contributed by atoms with E-state index in [4.69, 9.17) is 4.99 Å². The summed E-state index contributed by atoms with van der Waals surface area (Å²) in [4.78, 5) is 17.9. The van der Waals surface area contributed by atoms with Crippen LogP contribution < -0.4 is 5.32 Å². The van der Waals surface area contributed by atoms with Crippen molar-refractivity contribution >= 4 is 28.7 Å². The average Bonchev–Trinajstić information content (AvgIpc) is 3.37. The predicted molar refractivity (Wildman–Crippen MR) is 148 cm³/mol. The van der Waals surface area contributed by atoms with Gasteiger partial charge in [-0.1, -0.05) is 42.5 Å². The van der Waals surface area contributed by atoms with Gasteiger partial charge in [0.2, 0.25) is 0 Å². The Morgan fingerprint density at radius 3 is 2.51 bits per heavy atom. The molecule has 190 valence electrons. The number of nitrogens with zero attached hydrogens (tertiary/aromatic N) is 4. The van der Waals surface area contributed by atoms with Crippen LogP contribution >= 0.6 is 11.3 Å². The highest BCUT2D eigenvalue weighted by molar-refractivity contribution is 7.15. The van der Waals surface area contributed by atoms with E-state index >= 15 is 0 Å². The Morgan fingerprint density at radius 1 is 1.03 bits per heavy atom. The Morgan fingerprint density at radius 2 is 1.78 bits per heavy atom. The quantitative estimate of drug-likeness (QED) is 0.266. The highest BCUT2D eigenvalue weighted by Crippen LogP contribution is 2.39. The monoisotopic (exact) mass is 513 g/mol. The molecule has 0 aliphatic carbocycles. The van der Waals surface area contributed by atoms with Crippen LogP contribution in [0.2, 0.25) is 0 Å². The topological polar surface area (TPSA) is 92.4 Å². The molecule has 1 aliphatic heterocycles. The van der Waals surface area contributed by atoms with Crippen molar-refractivity contribution in [2.45, 2.75) is 52.5 Å². The van der Waals surface area contributed by atoms with Gasteiger partial charge in [-0.2, -0.15) is 0 Å². The Hall–Kier alpha value is -3.78. The molecule has 0 fully saturated rings. The molecular formula is C29H31N5O2S. The summed E-state index contributed by atoms with van der Waals surface area (Å²) in [7, 11) is 0. The van der Waals surface area contributed by atoms with E-state index in [1.54, 1.807) is 11.3 Å². The molecule has 37 heavy (non-hydrogen) atoms. The molecule has 4 aromatic rings. The first-order valence-corrected chi connectivity index (χ1v) is 13.4. The fraction of sp³-hybridized carbons (Fsp3) is 0.310. The zero-order valence-electron chi connectivity index (χ0n) is 21.4. The number of aromatic nitrogens is 3. The maximum Gasteiger partial charge on any atom is 0.306 e. The number of aryl methyl sites for hydroxylation is 3. The second kappa shape index (κ2) is 10.7. The lowest BCUT2D eigenvalue weighted by Gasteiger charge is -2.12. The van der Waals surface area contributed by atoms with Crippen molar-refractivity contribution in [3.63, 3.8) is 0 Å². The van der Waals surface area contributed by atoms with E-state index in [9.17, 15) is 9.90 Å². The van der Waals surface area contributed by atoms with E-state index in [1.807, 2.05) is 11.5 Å². The minimum Gasteiger partial charge on any atom is -0.481 e. The number of rotatable bonds is 9. The van der Waals surface area contributed by atoms with Gasteiger partial charge in [-0.15, -0.1) is 21.5 Å². The summed E-state index contributed by atoms with van der Waals surface area (Å²) in [5.74, 6) is 0.396. The lowest BCUT2D eigenvalue weighted by Crippen LogP contribution is -2.10. The van der Waals surface area contributed by atoms with Crippen LogP contribution in [0.3, 0.4) is 0 Å². The highest BCUT2D eigenvalue weighted by Gasteiger charge is 2.32. The van der Waals surface area contributed by atoms with Gasteiger partial charge in [0, 0.05) is 28.2 Å². The fourth-order valence-corrected chi connectivity index (χ4v) is 5.98. The zero-order chi connectivity index (χ0) is 25.9. The van der Waals surface area contributed by atoms with Crippen LogP contribution in [0.25, 0.3) is 5.00 Å². The van der Waals surface area contributed by atoms with E-state index in [2.05, 4.69) is 84.0 Å². The molecule has 0 radical (unpaired) electrons. The summed E-state index contributed by atoms with van der Waals surface area (Å²) < 4.78 is 1.98. The first-order chi connectivity index (χ1) is 17.9. The molecule has 1 aliphatic rings. The van der Waals surface area contributed by atoms with E-state index in [1.165, 1.54) is 10.4 Å². The normalized spacial score (nSPS) is 14.5. The van der Waals surface area contributed by atoms with Gasteiger partial charge >= 0.3 is 5.97 Å². The van der Waals surface area contributed by atoms with Gasteiger partial charge in [0.1, 0.15) is 16.9 Å². The van der Waals surface area contributed by atoms with Crippen LogP contribution in [0.15, 0.2) is 59.6 Å². The maximum atomic E-state index is 11.7. The van der Waals surface area contributed by atoms with Crippen LogP contribution in [0, 0.1) is 20.8 Å². The molecule has 0 saturated carbocycles. The smallest absolute Gasteiger partial charge is 0.306 e. The summed E-state index contributed by atoms with van der Waals surface area (Å²) in [6.07, 6.45) is 3.18. The molecule has 3 heterocycles. The van der Waals surface area contributed by atoms with E-state index in [-0.39, 0.29) is 6.42 Å². The number of thiophene rings is 1. The largest absolute Gasteiger partial charge is 0.481 e. The molecule has 0 saturated heterocycles. The highest BCUT2D eigenvalue weighted by atomic mass is 32.1. The number of carboxylic acid groups (broad SMARTS) is 1. The zero-order valence-corrected chi connectivity index (χ0v) is 22.2. The Balaban J connectivity index is 1.37. The molecule has 0 bridgehead atoms. The van der Waals surface area contributed by atoms with Crippen molar-refractivity contribution in [2.24, 2.45) is 4.99 Å². The molecule has 5 rings (SSSR count). The molecule has 2 aromatic carbocycles. The minimum atomic E-state index is -0.912. The number of hydrogen-bond donors (Lipinski definition) is 2. The predicted octanol–water partition coefficient (Wildman–Crippen LogP) is 6.06. The molecule has 1 atom stereocenters. The standard InChI is InChI=1S/C29H31N5O2S/c1-18-19(2)37-29-26(18)27(31-24(17-25(35)36)28-33-32-20(3)34(28)29)22-12-14-23(15-13-22)30-16-8-7-11-21-9-5-4-6-10-21/h4-6,9-10,12-15,24,30H,7-8,11,16-17H2,1-3H3,(H,35,36)/t24-/m0/s1. The number of nitrogens with one attached hydrogen (secondary N) is 1. The van der Waals surface area contributed by atoms with Crippen molar-refractivity contribution in [1.82, 2.24) is 14.8 Å². The summed E-state index contributed by atoms with van der Waals surface area (Å²) in [5, 5.41) is 22.7. The van der Waals surface area contributed by atoms with Gasteiger partial charge < -0.3 is 10.4 Å². The Kier molecular flexibility index (Phi) is 7.19. The third-order valence-corrected chi connectivity index (χ3v) is 8.02. The average molecular weight is 514 g/mol. The molecule has 8 heteroatoms. The first-order valence-electron chi connectivity index (χ1n) is 12.6. The van der Waals surface area contributed by atoms with Gasteiger partial charge in [0.05, 0.1) is 12.1 Å². The molecule has 7 nitrogen and oxygen atoms in total. The number of unbranched alkanes of at least 4 members (excludes halogenated alkanes) is 1. The molecule has 0 amide bonds. The number of benzene rings is 2. The fourth-order valence-electron chi connectivity index (χ4n) is 4.77. The van der Waals surface area contributed by atoms with Crippen LogP contribution in [-0.4, -0.2) is 38.1 Å². The second-order valence-electron chi connectivity index (χ2n) is 9.44. The van der Waals surface area contributed by atoms with Crippen molar-refractivity contribution < 1.29 is 9.90 Å². The van der Waals surface area contributed by atoms with Crippen LogP contribution in [0.4, 0.5) is 5.69 Å². The number of carboxylic acids is 1.